The van der Waals surface area contributed by atoms with Gasteiger partial charge in [-0.2, -0.15) is 0 Å². The first-order chi connectivity index (χ1) is 10.5. The number of anilines is 1. The van der Waals surface area contributed by atoms with E-state index in [0.717, 1.165) is 0 Å². The van der Waals surface area contributed by atoms with Crippen molar-refractivity contribution < 1.29 is 9.59 Å². The Labute approximate surface area is 143 Å². The maximum Gasteiger partial charge on any atom is 0.234 e. The van der Waals surface area contributed by atoms with Gasteiger partial charge in [-0.05, 0) is 31.2 Å². The molecular formula is C16H13Cl2NO2S. The molecule has 2 rings (SSSR count). The molecule has 1 N–H and O–H groups in total. The summed E-state index contributed by atoms with van der Waals surface area (Å²) >= 11 is 13.4. The monoisotopic (exact) mass is 353 g/mol. The van der Waals surface area contributed by atoms with Crippen molar-refractivity contribution in [3.63, 3.8) is 0 Å². The fraction of sp³-hybridized carbons (Fsp3) is 0.125. The van der Waals surface area contributed by atoms with Crippen molar-refractivity contribution in [1.82, 2.24) is 0 Å². The SMILES string of the molecule is CC(=O)c1cccc(NC(=O)CSc2c(Cl)cccc2Cl)c1. The van der Waals surface area contributed by atoms with Gasteiger partial charge in [-0.3, -0.25) is 9.59 Å². The Morgan fingerprint density at radius 3 is 2.36 bits per heavy atom. The van der Waals surface area contributed by atoms with Crippen molar-refractivity contribution in [3.05, 3.63) is 58.1 Å². The van der Waals surface area contributed by atoms with Crippen LogP contribution < -0.4 is 5.32 Å². The number of hydrogen-bond acceptors (Lipinski definition) is 3. The van der Waals surface area contributed by atoms with Crippen LogP contribution in [0.15, 0.2) is 47.4 Å². The maximum atomic E-state index is 12.0. The maximum absolute atomic E-state index is 12.0. The molecule has 0 saturated heterocycles. The minimum absolute atomic E-state index is 0.0478. The molecule has 0 radical (unpaired) electrons. The van der Waals surface area contributed by atoms with Crippen LogP contribution in [-0.4, -0.2) is 17.4 Å². The minimum Gasteiger partial charge on any atom is -0.325 e. The minimum atomic E-state index is -0.193. The van der Waals surface area contributed by atoms with Gasteiger partial charge < -0.3 is 5.32 Å². The molecule has 1 amide bonds. The average Bonchev–Trinajstić information content (AvgIpc) is 2.47. The Morgan fingerprint density at radius 2 is 1.73 bits per heavy atom. The number of ketones is 1. The van der Waals surface area contributed by atoms with E-state index in [9.17, 15) is 9.59 Å². The Kier molecular flexibility index (Phi) is 5.89. The molecule has 3 nitrogen and oxygen atoms in total. The van der Waals surface area contributed by atoms with E-state index in [1.807, 2.05) is 0 Å². The van der Waals surface area contributed by atoms with Crippen LogP contribution in [0.2, 0.25) is 10.0 Å². The van der Waals surface area contributed by atoms with Crippen LogP contribution in [0.5, 0.6) is 0 Å². The van der Waals surface area contributed by atoms with E-state index in [2.05, 4.69) is 5.32 Å². The van der Waals surface area contributed by atoms with E-state index in [-0.39, 0.29) is 17.4 Å². The van der Waals surface area contributed by atoms with Gasteiger partial charge in [0.2, 0.25) is 5.91 Å². The predicted octanol–water partition coefficient (Wildman–Crippen LogP) is 4.93. The summed E-state index contributed by atoms with van der Waals surface area (Å²) in [4.78, 5) is 24.0. The van der Waals surface area contributed by atoms with Gasteiger partial charge in [0.15, 0.2) is 5.78 Å². The van der Waals surface area contributed by atoms with Crippen LogP contribution in [0.4, 0.5) is 5.69 Å². The third kappa shape index (κ3) is 4.50. The molecule has 0 saturated carbocycles. The van der Waals surface area contributed by atoms with Gasteiger partial charge in [-0.25, -0.2) is 0 Å². The van der Waals surface area contributed by atoms with Crippen molar-refractivity contribution in [3.8, 4) is 0 Å². The van der Waals surface area contributed by atoms with Gasteiger partial charge in [-0.15, -0.1) is 11.8 Å². The van der Waals surface area contributed by atoms with E-state index in [1.165, 1.54) is 18.7 Å². The quantitative estimate of drug-likeness (QED) is 0.612. The van der Waals surface area contributed by atoms with E-state index in [4.69, 9.17) is 23.2 Å². The fourth-order valence-electron chi connectivity index (χ4n) is 1.77. The molecule has 22 heavy (non-hydrogen) atoms. The summed E-state index contributed by atoms with van der Waals surface area (Å²) in [5, 5.41) is 3.78. The summed E-state index contributed by atoms with van der Waals surface area (Å²) in [7, 11) is 0. The number of carbonyl (C=O) groups excluding carboxylic acids is 2. The lowest BCUT2D eigenvalue weighted by Crippen LogP contribution is -2.14. The molecule has 0 unspecified atom stereocenters. The van der Waals surface area contributed by atoms with Crippen LogP contribution >= 0.6 is 35.0 Å². The molecule has 114 valence electrons. The number of hydrogen-bond donors (Lipinski definition) is 1. The van der Waals surface area contributed by atoms with Gasteiger partial charge in [0.05, 0.1) is 15.8 Å². The average molecular weight is 354 g/mol. The first-order valence-corrected chi connectivity index (χ1v) is 8.19. The Morgan fingerprint density at radius 1 is 1.09 bits per heavy atom. The number of thioether (sulfide) groups is 1. The number of benzene rings is 2. The molecule has 0 aliphatic rings. The Bertz CT molecular complexity index is 699. The molecule has 0 fully saturated rings. The standard InChI is InChI=1S/C16H13Cl2NO2S/c1-10(20)11-4-2-5-12(8-11)19-15(21)9-22-16-13(17)6-3-7-14(16)18/h2-8H,9H2,1H3,(H,19,21). The van der Waals surface area contributed by atoms with Crippen LogP contribution in [0, 0.1) is 0 Å². The number of amides is 1. The van der Waals surface area contributed by atoms with Crippen molar-refractivity contribution in [2.45, 2.75) is 11.8 Å². The van der Waals surface area contributed by atoms with Gasteiger partial charge in [-0.1, -0.05) is 41.4 Å². The summed E-state index contributed by atoms with van der Waals surface area (Å²) in [6.45, 7) is 1.48. The van der Waals surface area contributed by atoms with Crippen molar-refractivity contribution in [1.29, 1.82) is 0 Å². The highest BCUT2D eigenvalue weighted by molar-refractivity contribution is 8.00. The second kappa shape index (κ2) is 7.68. The summed E-state index contributed by atoms with van der Waals surface area (Å²) in [6.07, 6.45) is 0. The highest BCUT2D eigenvalue weighted by Gasteiger charge is 2.10. The largest absolute Gasteiger partial charge is 0.325 e. The van der Waals surface area contributed by atoms with E-state index in [0.29, 0.717) is 26.2 Å². The van der Waals surface area contributed by atoms with Crippen molar-refractivity contribution in [2.24, 2.45) is 0 Å². The highest BCUT2D eigenvalue weighted by atomic mass is 35.5. The smallest absolute Gasteiger partial charge is 0.234 e. The third-order valence-corrected chi connectivity index (χ3v) is 4.81. The lowest BCUT2D eigenvalue weighted by atomic mass is 10.1. The summed E-state index contributed by atoms with van der Waals surface area (Å²) in [6, 6.07) is 12.0. The van der Waals surface area contributed by atoms with Gasteiger partial charge >= 0.3 is 0 Å². The predicted molar refractivity (Wildman–Crippen MR) is 92.3 cm³/mol. The molecule has 0 atom stereocenters. The van der Waals surface area contributed by atoms with Crippen molar-refractivity contribution in [2.75, 3.05) is 11.1 Å². The highest BCUT2D eigenvalue weighted by Crippen LogP contribution is 2.33. The summed E-state index contributed by atoms with van der Waals surface area (Å²) < 4.78 is 0. The molecule has 0 spiro atoms. The number of nitrogens with one attached hydrogen (secondary N) is 1. The molecule has 0 heterocycles. The van der Waals surface area contributed by atoms with E-state index in [1.54, 1.807) is 42.5 Å². The van der Waals surface area contributed by atoms with Crippen LogP contribution in [0.1, 0.15) is 17.3 Å². The molecule has 2 aromatic rings. The molecule has 0 aliphatic carbocycles. The number of carbonyl (C=O) groups is 2. The Balaban J connectivity index is 1.99. The first-order valence-electron chi connectivity index (χ1n) is 6.45. The lowest BCUT2D eigenvalue weighted by molar-refractivity contribution is -0.113. The summed E-state index contributed by atoms with van der Waals surface area (Å²) in [5.41, 5.74) is 1.14. The molecular weight excluding hydrogens is 341 g/mol. The molecule has 6 heteroatoms. The van der Waals surface area contributed by atoms with Crippen molar-refractivity contribution >= 4 is 52.3 Å². The molecule has 0 bridgehead atoms. The zero-order valence-electron chi connectivity index (χ0n) is 11.7. The normalized spacial score (nSPS) is 10.3. The number of rotatable bonds is 5. The summed E-state index contributed by atoms with van der Waals surface area (Å²) in [5.74, 6) is -0.0664. The van der Waals surface area contributed by atoms with Crippen LogP contribution in [0.3, 0.4) is 0 Å². The van der Waals surface area contributed by atoms with Crippen LogP contribution in [-0.2, 0) is 4.79 Å². The molecule has 0 aromatic heterocycles. The lowest BCUT2D eigenvalue weighted by Gasteiger charge is -2.08. The van der Waals surface area contributed by atoms with E-state index < -0.39 is 0 Å². The van der Waals surface area contributed by atoms with Gasteiger partial charge in [0.1, 0.15) is 0 Å². The third-order valence-electron chi connectivity index (χ3n) is 2.82. The van der Waals surface area contributed by atoms with Gasteiger partial charge in [0.25, 0.3) is 0 Å². The fourth-order valence-corrected chi connectivity index (χ4v) is 3.26. The topological polar surface area (TPSA) is 46.2 Å². The Hall–Kier alpha value is -1.49. The molecule has 0 aliphatic heterocycles. The zero-order valence-corrected chi connectivity index (χ0v) is 14.1. The van der Waals surface area contributed by atoms with Gasteiger partial charge in [0, 0.05) is 16.1 Å². The number of Topliss-reactive ketones (excluding diaryl/α,β-unsaturated/α-hetero) is 1. The second-order valence-electron chi connectivity index (χ2n) is 4.52. The molecule has 2 aromatic carbocycles. The number of halogens is 2. The first kappa shape index (κ1) is 16.9. The zero-order chi connectivity index (χ0) is 16.1. The van der Waals surface area contributed by atoms with E-state index >= 15 is 0 Å². The van der Waals surface area contributed by atoms with Crippen LogP contribution in [0.25, 0.3) is 0 Å². The second-order valence-corrected chi connectivity index (χ2v) is 6.32.